The second-order valence-corrected chi connectivity index (χ2v) is 5.38. The molecule has 0 bridgehead atoms. The smallest absolute Gasteiger partial charge is 0.244 e. The Balaban J connectivity index is 1.77. The highest BCUT2D eigenvalue weighted by molar-refractivity contribution is 7.10. The number of hydrogen-bond donors (Lipinski definition) is 2. The largest absolute Gasteiger partial charge is 0.388 e. The molecule has 2 N–H and O–H groups in total. The van der Waals surface area contributed by atoms with Gasteiger partial charge >= 0.3 is 0 Å². The molecule has 1 amide bonds. The number of carbonyl (C=O) groups is 1. The molecule has 0 aliphatic carbocycles. The zero-order valence-electron chi connectivity index (χ0n) is 10.1. The summed E-state index contributed by atoms with van der Waals surface area (Å²) in [5.74, 6) is -0.177. The van der Waals surface area contributed by atoms with Crippen molar-refractivity contribution in [3.8, 4) is 0 Å². The molecule has 1 aromatic rings. The molecule has 2 heterocycles. The van der Waals surface area contributed by atoms with Crippen molar-refractivity contribution in [3.63, 3.8) is 0 Å². The van der Waals surface area contributed by atoms with E-state index in [0.717, 1.165) is 4.88 Å². The van der Waals surface area contributed by atoms with Crippen LogP contribution in [0.4, 0.5) is 0 Å². The van der Waals surface area contributed by atoms with Crippen LogP contribution < -0.4 is 5.32 Å². The molecule has 0 aromatic carbocycles. The van der Waals surface area contributed by atoms with Gasteiger partial charge in [0, 0.05) is 43.6 Å². The first-order valence-corrected chi connectivity index (χ1v) is 6.85. The molecular formula is C13H17NO3S. The predicted molar refractivity (Wildman–Crippen MR) is 71.4 cm³/mol. The molecule has 0 unspecified atom stereocenters. The Hall–Kier alpha value is -1.17. The number of hydrogen-bond acceptors (Lipinski definition) is 4. The van der Waals surface area contributed by atoms with E-state index in [1.54, 1.807) is 17.4 Å². The van der Waals surface area contributed by atoms with E-state index < -0.39 is 5.60 Å². The van der Waals surface area contributed by atoms with Crippen molar-refractivity contribution in [2.45, 2.75) is 18.4 Å². The van der Waals surface area contributed by atoms with Gasteiger partial charge in [0.1, 0.15) is 0 Å². The Morgan fingerprint density at radius 3 is 3.00 bits per heavy atom. The molecule has 0 spiro atoms. The minimum Gasteiger partial charge on any atom is -0.388 e. The maximum absolute atomic E-state index is 11.6. The van der Waals surface area contributed by atoms with E-state index in [1.165, 1.54) is 6.08 Å². The van der Waals surface area contributed by atoms with E-state index in [2.05, 4.69) is 5.32 Å². The fourth-order valence-electron chi connectivity index (χ4n) is 1.78. The maximum atomic E-state index is 11.6. The Labute approximate surface area is 110 Å². The van der Waals surface area contributed by atoms with Gasteiger partial charge in [0.15, 0.2) is 0 Å². The quantitative estimate of drug-likeness (QED) is 0.811. The Bertz CT molecular complexity index is 408. The second kappa shape index (κ2) is 6.13. The van der Waals surface area contributed by atoms with Crippen molar-refractivity contribution in [2.24, 2.45) is 0 Å². The first kappa shape index (κ1) is 13.3. The normalized spacial score (nSPS) is 18.9. The summed E-state index contributed by atoms with van der Waals surface area (Å²) in [4.78, 5) is 12.6. The van der Waals surface area contributed by atoms with Crippen LogP contribution in [0.15, 0.2) is 23.6 Å². The van der Waals surface area contributed by atoms with Crippen LogP contribution >= 0.6 is 11.3 Å². The van der Waals surface area contributed by atoms with E-state index >= 15 is 0 Å². The highest BCUT2D eigenvalue weighted by Crippen LogP contribution is 2.19. The summed E-state index contributed by atoms with van der Waals surface area (Å²) in [6.45, 7) is 1.39. The third-order valence-corrected chi connectivity index (χ3v) is 3.79. The van der Waals surface area contributed by atoms with Crippen LogP contribution in [0.1, 0.15) is 17.7 Å². The SMILES string of the molecule is O=C(/C=C/c1cccs1)NCC1(O)CCOCC1. The van der Waals surface area contributed by atoms with Crippen molar-refractivity contribution in [1.29, 1.82) is 0 Å². The lowest BCUT2D eigenvalue weighted by molar-refractivity contribution is -0.119. The van der Waals surface area contributed by atoms with Gasteiger partial charge in [-0.2, -0.15) is 0 Å². The van der Waals surface area contributed by atoms with Gasteiger partial charge < -0.3 is 15.2 Å². The molecule has 0 atom stereocenters. The second-order valence-electron chi connectivity index (χ2n) is 4.40. The van der Waals surface area contributed by atoms with Crippen molar-refractivity contribution in [2.75, 3.05) is 19.8 Å². The molecule has 1 saturated heterocycles. The summed E-state index contributed by atoms with van der Waals surface area (Å²) in [7, 11) is 0. The zero-order chi connectivity index (χ0) is 12.8. The molecule has 0 radical (unpaired) electrons. The monoisotopic (exact) mass is 267 g/mol. The molecule has 1 aliphatic heterocycles. The standard InChI is InChI=1S/C13H17NO3S/c15-12(4-3-11-2-1-9-18-11)14-10-13(16)5-7-17-8-6-13/h1-4,9,16H,5-8,10H2,(H,14,15)/b4-3+. The van der Waals surface area contributed by atoms with Gasteiger partial charge in [-0.1, -0.05) is 6.07 Å². The molecule has 1 fully saturated rings. The van der Waals surface area contributed by atoms with E-state index in [0.29, 0.717) is 26.1 Å². The predicted octanol–water partition coefficient (Wildman–Crippen LogP) is 1.42. The summed E-state index contributed by atoms with van der Waals surface area (Å²) < 4.78 is 5.18. The van der Waals surface area contributed by atoms with E-state index in [1.807, 2.05) is 17.5 Å². The summed E-state index contributed by atoms with van der Waals surface area (Å²) >= 11 is 1.58. The zero-order valence-corrected chi connectivity index (χ0v) is 10.9. The first-order chi connectivity index (χ1) is 8.68. The fourth-order valence-corrected chi connectivity index (χ4v) is 2.40. The third-order valence-electron chi connectivity index (χ3n) is 2.96. The third kappa shape index (κ3) is 3.94. The van der Waals surface area contributed by atoms with Crippen LogP contribution in [0.2, 0.25) is 0 Å². The summed E-state index contributed by atoms with van der Waals surface area (Å²) in [6.07, 6.45) is 4.41. The maximum Gasteiger partial charge on any atom is 0.244 e. The Morgan fingerprint density at radius 1 is 1.56 bits per heavy atom. The minimum absolute atomic E-state index is 0.177. The van der Waals surface area contributed by atoms with E-state index in [9.17, 15) is 9.90 Å². The van der Waals surface area contributed by atoms with E-state index in [-0.39, 0.29) is 12.5 Å². The van der Waals surface area contributed by atoms with E-state index in [4.69, 9.17) is 4.74 Å². The van der Waals surface area contributed by atoms with Crippen molar-refractivity contribution in [3.05, 3.63) is 28.5 Å². The van der Waals surface area contributed by atoms with Gasteiger partial charge in [0.25, 0.3) is 0 Å². The van der Waals surface area contributed by atoms with Crippen LogP contribution in [0.25, 0.3) is 6.08 Å². The molecule has 5 heteroatoms. The molecular weight excluding hydrogens is 250 g/mol. The van der Waals surface area contributed by atoms with Gasteiger partial charge in [-0.15, -0.1) is 11.3 Å². The van der Waals surface area contributed by atoms with Crippen LogP contribution in [0.3, 0.4) is 0 Å². The molecule has 1 aliphatic rings. The molecule has 18 heavy (non-hydrogen) atoms. The summed E-state index contributed by atoms with van der Waals surface area (Å²) in [5.41, 5.74) is -0.815. The molecule has 0 saturated carbocycles. The number of ether oxygens (including phenoxy) is 1. The summed E-state index contributed by atoms with van der Waals surface area (Å²) in [6, 6.07) is 3.88. The molecule has 1 aromatic heterocycles. The number of nitrogens with one attached hydrogen (secondary N) is 1. The van der Waals surface area contributed by atoms with Crippen molar-refractivity contribution in [1.82, 2.24) is 5.32 Å². The number of rotatable bonds is 4. The lowest BCUT2D eigenvalue weighted by Crippen LogP contribution is -2.46. The van der Waals surface area contributed by atoms with Gasteiger partial charge in [0.2, 0.25) is 5.91 Å². The van der Waals surface area contributed by atoms with Gasteiger partial charge in [0.05, 0.1) is 5.60 Å². The number of thiophene rings is 1. The van der Waals surface area contributed by atoms with Crippen molar-refractivity contribution >= 4 is 23.3 Å². The fraction of sp³-hybridized carbons (Fsp3) is 0.462. The summed E-state index contributed by atoms with van der Waals surface area (Å²) in [5, 5.41) is 14.8. The highest BCUT2D eigenvalue weighted by atomic mass is 32.1. The van der Waals surface area contributed by atoms with Crippen LogP contribution in [0, 0.1) is 0 Å². The number of aliphatic hydroxyl groups is 1. The van der Waals surface area contributed by atoms with Gasteiger partial charge in [-0.05, 0) is 17.5 Å². The van der Waals surface area contributed by atoms with Crippen LogP contribution in [0.5, 0.6) is 0 Å². The first-order valence-electron chi connectivity index (χ1n) is 5.98. The molecule has 98 valence electrons. The van der Waals surface area contributed by atoms with Crippen LogP contribution in [-0.2, 0) is 9.53 Å². The van der Waals surface area contributed by atoms with Gasteiger partial charge in [-0.3, -0.25) is 4.79 Å². The number of carbonyl (C=O) groups excluding carboxylic acids is 1. The lowest BCUT2D eigenvalue weighted by atomic mass is 9.94. The minimum atomic E-state index is -0.815. The Morgan fingerprint density at radius 2 is 2.33 bits per heavy atom. The topological polar surface area (TPSA) is 58.6 Å². The molecule has 2 rings (SSSR count). The van der Waals surface area contributed by atoms with Gasteiger partial charge in [-0.25, -0.2) is 0 Å². The molecule has 4 nitrogen and oxygen atoms in total. The van der Waals surface area contributed by atoms with Crippen LogP contribution in [-0.4, -0.2) is 36.4 Å². The number of amides is 1. The Kier molecular flexibility index (Phi) is 4.52. The van der Waals surface area contributed by atoms with Crippen molar-refractivity contribution < 1.29 is 14.6 Å². The average Bonchev–Trinajstić information content (AvgIpc) is 2.88. The lowest BCUT2D eigenvalue weighted by Gasteiger charge is -2.31. The average molecular weight is 267 g/mol. The highest BCUT2D eigenvalue weighted by Gasteiger charge is 2.29.